The molecule has 0 aliphatic carbocycles. The Morgan fingerprint density at radius 2 is 2.19 bits per heavy atom. The van der Waals surface area contributed by atoms with Gasteiger partial charge in [0.1, 0.15) is 11.4 Å². The van der Waals surface area contributed by atoms with Gasteiger partial charge in [-0.05, 0) is 57.0 Å². The third kappa shape index (κ3) is 3.29. The van der Waals surface area contributed by atoms with Crippen LogP contribution in [0, 0.1) is 13.8 Å². The molecule has 4 rings (SSSR count). The first kappa shape index (κ1) is 17.3. The summed E-state index contributed by atoms with van der Waals surface area (Å²) in [7, 11) is 0. The van der Waals surface area contributed by atoms with Gasteiger partial charge in [-0.2, -0.15) is 4.98 Å². The van der Waals surface area contributed by atoms with Gasteiger partial charge in [0.15, 0.2) is 10.8 Å². The highest BCUT2D eigenvalue weighted by Crippen LogP contribution is 2.31. The van der Waals surface area contributed by atoms with Crippen LogP contribution in [0.25, 0.3) is 16.0 Å². The van der Waals surface area contributed by atoms with E-state index in [2.05, 4.69) is 27.2 Å². The fourth-order valence-corrected chi connectivity index (χ4v) is 4.67. The molecule has 1 unspecified atom stereocenters. The summed E-state index contributed by atoms with van der Waals surface area (Å²) in [6, 6.07) is 4.27. The van der Waals surface area contributed by atoms with Gasteiger partial charge in [0.2, 0.25) is 0 Å². The molecule has 0 bridgehead atoms. The summed E-state index contributed by atoms with van der Waals surface area (Å²) >= 11 is 1.62. The topological polar surface area (TPSA) is 66.2 Å². The van der Waals surface area contributed by atoms with Crippen molar-refractivity contribution in [3.63, 3.8) is 0 Å². The van der Waals surface area contributed by atoms with Gasteiger partial charge in [-0.3, -0.25) is 0 Å². The van der Waals surface area contributed by atoms with Crippen molar-refractivity contribution < 1.29 is 5.11 Å². The standard InChI is InChI=1S/C19H25N5OS/c1-4-23-7-5-6-14(10-23)20-19-21-18-16(26-19)11-24(22-18)17-13(3)8-12(2)9-15(17)25/h8-9,11,14,25H,4-7,10H2,1-3H3,(H,20,21,22). The quantitative estimate of drug-likeness (QED) is 0.732. The predicted molar refractivity (Wildman–Crippen MR) is 107 cm³/mol. The fourth-order valence-electron chi connectivity index (χ4n) is 3.77. The highest BCUT2D eigenvalue weighted by Gasteiger charge is 2.20. The van der Waals surface area contributed by atoms with Gasteiger partial charge >= 0.3 is 0 Å². The molecular weight excluding hydrogens is 346 g/mol. The molecule has 1 aromatic carbocycles. The third-order valence-electron chi connectivity index (χ3n) is 5.01. The Morgan fingerprint density at radius 3 is 2.92 bits per heavy atom. The second-order valence-corrected chi connectivity index (χ2v) is 8.14. The molecule has 1 aliphatic heterocycles. The maximum atomic E-state index is 10.3. The lowest BCUT2D eigenvalue weighted by Crippen LogP contribution is -2.41. The third-order valence-corrected chi connectivity index (χ3v) is 5.92. The number of anilines is 1. The zero-order valence-electron chi connectivity index (χ0n) is 15.5. The Morgan fingerprint density at radius 1 is 1.35 bits per heavy atom. The number of nitrogens with one attached hydrogen (secondary N) is 1. The number of aromatic nitrogens is 3. The van der Waals surface area contributed by atoms with Crippen molar-refractivity contribution in [2.75, 3.05) is 25.0 Å². The SMILES string of the molecule is CCN1CCCC(Nc2nc3nn(-c4c(C)cc(C)cc4O)cc3s2)C1. The van der Waals surface area contributed by atoms with Crippen LogP contribution in [0.2, 0.25) is 0 Å². The smallest absolute Gasteiger partial charge is 0.194 e. The Balaban J connectivity index is 1.56. The molecule has 1 atom stereocenters. The summed E-state index contributed by atoms with van der Waals surface area (Å²) in [6.45, 7) is 9.54. The van der Waals surface area contributed by atoms with Crippen molar-refractivity contribution in [2.24, 2.45) is 0 Å². The normalized spacial score (nSPS) is 18.5. The number of phenolic OH excluding ortho intramolecular Hbond substituents is 1. The number of hydrogen-bond donors (Lipinski definition) is 2. The van der Waals surface area contributed by atoms with Crippen LogP contribution in [0.1, 0.15) is 30.9 Å². The van der Waals surface area contributed by atoms with Gasteiger partial charge in [-0.15, -0.1) is 5.10 Å². The van der Waals surface area contributed by atoms with Crippen molar-refractivity contribution in [2.45, 2.75) is 39.7 Å². The van der Waals surface area contributed by atoms with Gasteiger partial charge in [0.25, 0.3) is 0 Å². The van der Waals surface area contributed by atoms with Crippen molar-refractivity contribution in [1.29, 1.82) is 0 Å². The number of piperidine rings is 1. The van der Waals surface area contributed by atoms with Crippen molar-refractivity contribution >= 4 is 26.8 Å². The van der Waals surface area contributed by atoms with Crippen LogP contribution in [0.5, 0.6) is 5.75 Å². The van der Waals surface area contributed by atoms with Crippen LogP contribution in [-0.2, 0) is 0 Å². The number of fused-ring (bicyclic) bond motifs is 1. The summed E-state index contributed by atoms with van der Waals surface area (Å²) < 4.78 is 2.76. The summed E-state index contributed by atoms with van der Waals surface area (Å²) in [4.78, 5) is 7.13. The number of rotatable bonds is 4. The average Bonchev–Trinajstić information content (AvgIpc) is 3.12. The number of likely N-dealkylation sites (tertiary alicyclic amines) is 1. The van der Waals surface area contributed by atoms with E-state index in [-0.39, 0.29) is 5.75 Å². The number of aryl methyl sites for hydroxylation is 2. The minimum Gasteiger partial charge on any atom is -0.506 e. The van der Waals surface area contributed by atoms with Gasteiger partial charge in [0.05, 0.1) is 10.9 Å². The van der Waals surface area contributed by atoms with Crippen LogP contribution in [0.4, 0.5) is 5.13 Å². The predicted octanol–water partition coefficient (Wildman–Crippen LogP) is 3.70. The molecule has 2 aromatic heterocycles. The van der Waals surface area contributed by atoms with E-state index in [0.29, 0.717) is 6.04 Å². The summed E-state index contributed by atoms with van der Waals surface area (Å²) in [5.41, 5.74) is 3.48. The van der Waals surface area contributed by atoms with E-state index in [9.17, 15) is 5.11 Å². The van der Waals surface area contributed by atoms with E-state index in [4.69, 9.17) is 0 Å². The second-order valence-electron chi connectivity index (χ2n) is 7.11. The van der Waals surface area contributed by atoms with E-state index in [1.54, 1.807) is 22.1 Å². The van der Waals surface area contributed by atoms with Gasteiger partial charge in [-0.1, -0.05) is 24.3 Å². The van der Waals surface area contributed by atoms with E-state index in [1.165, 1.54) is 19.4 Å². The monoisotopic (exact) mass is 371 g/mol. The number of hydrogen-bond acceptors (Lipinski definition) is 6. The minimum absolute atomic E-state index is 0.248. The Bertz CT molecular complexity index is 877. The molecule has 26 heavy (non-hydrogen) atoms. The number of aromatic hydroxyl groups is 1. The summed E-state index contributed by atoms with van der Waals surface area (Å²) in [5, 5.41) is 19.4. The molecule has 1 saturated heterocycles. The summed E-state index contributed by atoms with van der Waals surface area (Å²) in [6.07, 6.45) is 4.37. The number of likely N-dealkylation sites (N-methyl/N-ethyl adjacent to an activating group) is 1. The lowest BCUT2D eigenvalue weighted by molar-refractivity contribution is 0.227. The molecule has 3 heterocycles. The minimum atomic E-state index is 0.248. The molecule has 6 nitrogen and oxygen atoms in total. The lowest BCUT2D eigenvalue weighted by atomic mass is 10.1. The highest BCUT2D eigenvalue weighted by atomic mass is 32.1. The lowest BCUT2D eigenvalue weighted by Gasteiger charge is -2.32. The van der Waals surface area contributed by atoms with Crippen molar-refractivity contribution in [3.8, 4) is 11.4 Å². The van der Waals surface area contributed by atoms with Gasteiger partial charge in [0, 0.05) is 12.6 Å². The maximum Gasteiger partial charge on any atom is 0.194 e. The van der Waals surface area contributed by atoms with E-state index in [0.717, 1.165) is 45.4 Å². The number of phenols is 1. The first-order chi connectivity index (χ1) is 12.5. The number of benzene rings is 1. The molecule has 2 N–H and O–H groups in total. The maximum absolute atomic E-state index is 10.3. The largest absolute Gasteiger partial charge is 0.506 e. The Kier molecular flexibility index (Phi) is 4.58. The molecule has 138 valence electrons. The number of thiazole rings is 1. The molecule has 3 aromatic rings. The Labute approximate surface area is 157 Å². The molecule has 0 spiro atoms. The molecule has 0 saturated carbocycles. The first-order valence-corrected chi connectivity index (χ1v) is 10.0. The van der Waals surface area contributed by atoms with Crippen LogP contribution in [-0.4, -0.2) is 50.4 Å². The fraction of sp³-hybridized carbons (Fsp3) is 0.474. The molecule has 0 radical (unpaired) electrons. The number of nitrogens with zero attached hydrogens (tertiary/aromatic N) is 4. The van der Waals surface area contributed by atoms with Gasteiger partial charge in [-0.25, -0.2) is 4.68 Å². The zero-order valence-corrected chi connectivity index (χ0v) is 16.3. The second kappa shape index (κ2) is 6.89. The van der Waals surface area contributed by atoms with Crippen LogP contribution < -0.4 is 5.32 Å². The average molecular weight is 372 g/mol. The zero-order chi connectivity index (χ0) is 18.3. The highest BCUT2D eigenvalue weighted by molar-refractivity contribution is 7.22. The molecular formula is C19H25N5OS. The molecule has 1 fully saturated rings. The van der Waals surface area contributed by atoms with E-state index in [1.807, 2.05) is 26.1 Å². The molecule has 7 heteroatoms. The molecule has 0 amide bonds. The van der Waals surface area contributed by atoms with Crippen LogP contribution in [0.15, 0.2) is 18.3 Å². The van der Waals surface area contributed by atoms with Crippen LogP contribution >= 0.6 is 11.3 Å². The Hall–Kier alpha value is -2.12. The molecule has 1 aliphatic rings. The van der Waals surface area contributed by atoms with Crippen molar-refractivity contribution in [1.82, 2.24) is 19.7 Å². The van der Waals surface area contributed by atoms with Gasteiger partial charge < -0.3 is 15.3 Å². The summed E-state index contributed by atoms with van der Waals surface area (Å²) in [5.74, 6) is 0.248. The van der Waals surface area contributed by atoms with Crippen molar-refractivity contribution in [3.05, 3.63) is 29.5 Å². The van der Waals surface area contributed by atoms with E-state index < -0.39 is 0 Å². The van der Waals surface area contributed by atoms with Crippen LogP contribution in [0.3, 0.4) is 0 Å². The first-order valence-electron chi connectivity index (χ1n) is 9.19. The van der Waals surface area contributed by atoms with E-state index >= 15 is 0 Å².